The second-order valence-electron chi connectivity index (χ2n) is 4.70. The van der Waals surface area contributed by atoms with E-state index in [2.05, 4.69) is 4.98 Å². The molecular formula is C14H17N3O2. The van der Waals surface area contributed by atoms with Crippen LogP contribution in [0.3, 0.4) is 0 Å². The Hall–Kier alpha value is -1.93. The highest BCUT2D eigenvalue weighted by molar-refractivity contribution is 5.92. The third-order valence-electron chi connectivity index (χ3n) is 3.48. The molecule has 1 aromatic heterocycles. The normalized spacial score (nSPS) is 15.2. The second-order valence-corrected chi connectivity index (χ2v) is 4.70. The van der Waals surface area contributed by atoms with Crippen LogP contribution < -0.4 is 0 Å². The summed E-state index contributed by atoms with van der Waals surface area (Å²) in [4.78, 5) is 18.1. The van der Waals surface area contributed by atoms with Crippen LogP contribution >= 0.6 is 0 Å². The van der Waals surface area contributed by atoms with Crippen LogP contribution in [0.5, 0.6) is 0 Å². The molecule has 1 aliphatic rings. The van der Waals surface area contributed by atoms with E-state index in [1.165, 1.54) is 6.20 Å². The van der Waals surface area contributed by atoms with Gasteiger partial charge in [-0.1, -0.05) is 12.8 Å². The molecule has 1 aliphatic carbocycles. The summed E-state index contributed by atoms with van der Waals surface area (Å²) in [6.07, 6.45) is 5.63. The SMILES string of the molecule is N#Cc1ccc(C(=O)N(CCO)C2CCCC2)nc1. The third-order valence-corrected chi connectivity index (χ3v) is 3.48. The average Bonchev–Trinajstić information content (AvgIpc) is 2.98. The lowest BCUT2D eigenvalue weighted by molar-refractivity contribution is 0.0632. The Bertz CT molecular complexity index is 472. The molecule has 1 saturated carbocycles. The minimum Gasteiger partial charge on any atom is -0.395 e. The maximum absolute atomic E-state index is 12.4. The quantitative estimate of drug-likeness (QED) is 0.885. The van der Waals surface area contributed by atoms with Gasteiger partial charge in [0.1, 0.15) is 11.8 Å². The number of nitriles is 1. The summed E-state index contributed by atoms with van der Waals surface area (Å²) in [5.41, 5.74) is 0.769. The van der Waals surface area contributed by atoms with E-state index in [1.54, 1.807) is 17.0 Å². The maximum Gasteiger partial charge on any atom is 0.272 e. The number of aliphatic hydroxyl groups is 1. The average molecular weight is 259 g/mol. The predicted octanol–water partition coefficient (Wildman–Crippen LogP) is 1.33. The lowest BCUT2D eigenvalue weighted by Gasteiger charge is -2.28. The number of hydrogen-bond donors (Lipinski definition) is 1. The minimum absolute atomic E-state index is 0.0431. The molecule has 0 bridgehead atoms. The highest BCUT2D eigenvalue weighted by Crippen LogP contribution is 2.24. The Kier molecular flexibility index (Phi) is 4.48. The van der Waals surface area contributed by atoms with Crippen molar-refractivity contribution in [2.45, 2.75) is 31.7 Å². The highest BCUT2D eigenvalue weighted by Gasteiger charge is 2.27. The van der Waals surface area contributed by atoms with E-state index in [0.717, 1.165) is 25.7 Å². The number of aromatic nitrogens is 1. The summed E-state index contributed by atoms with van der Waals surface area (Å²) in [6.45, 7) is 0.295. The molecule has 0 radical (unpaired) electrons. The molecule has 1 fully saturated rings. The number of pyridine rings is 1. The van der Waals surface area contributed by atoms with Crippen LogP contribution in [0.15, 0.2) is 18.3 Å². The van der Waals surface area contributed by atoms with Crippen molar-refractivity contribution in [3.63, 3.8) is 0 Å². The predicted molar refractivity (Wildman–Crippen MR) is 69.3 cm³/mol. The molecule has 1 heterocycles. The smallest absolute Gasteiger partial charge is 0.272 e. The van der Waals surface area contributed by atoms with E-state index in [4.69, 9.17) is 10.4 Å². The van der Waals surface area contributed by atoms with Crippen molar-refractivity contribution in [3.05, 3.63) is 29.6 Å². The first-order valence-electron chi connectivity index (χ1n) is 6.54. The molecule has 0 spiro atoms. The summed E-state index contributed by atoms with van der Waals surface area (Å²) < 4.78 is 0. The third kappa shape index (κ3) is 3.09. The first-order chi connectivity index (χ1) is 9.26. The van der Waals surface area contributed by atoms with Crippen LogP contribution in [0.4, 0.5) is 0 Å². The van der Waals surface area contributed by atoms with Gasteiger partial charge in [0.15, 0.2) is 0 Å². The fraction of sp³-hybridized carbons (Fsp3) is 0.500. The van der Waals surface area contributed by atoms with Gasteiger partial charge in [-0.15, -0.1) is 0 Å². The molecule has 0 atom stereocenters. The van der Waals surface area contributed by atoms with Gasteiger partial charge >= 0.3 is 0 Å². The van der Waals surface area contributed by atoms with E-state index in [1.807, 2.05) is 6.07 Å². The molecule has 5 nitrogen and oxygen atoms in total. The molecule has 0 saturated heterocycles. The van der Waals surface area contributed by atoms with Gasteiger partial charge in [0.05, 0.1) is 12.2 Å². The van der Waals surface area contributed by atoms with Crippen LogP contribution in [0.2, 0.25) is 0 Å². The van der Waals surface area contributed by atoms with E-state index >= 15 is 0 Å². The number of carbonyl (C=O) groups excluding carboxylic acids is 1. The van der Waals surface area contributed by atoms with Crippen LogP contribution in [0, 0.1) is 11.3 Å². The number of rotatable bonds is 4. The van der Waals surface area contributed by atoms with E-state index in [0.29, 0.717) is 17.8 Å². The first-order valence-corrected chi connectivity index (χ1v) is 6.54. The van der Waals surface area contributed by atoms with Crippen LogP contribution in [0.25, 0.3) is 0 Å². The zero-order chi connectivity index (χ0) is 13.7. The number of aliphatic hydroxyl groups excluding tert-OH is 1. The summed E-state index contributed by atoms with van der Waals surface area (Å²) in [5.74, 6) is -0.162. The molecule has 19 heavy (non-hydrogen) atoms. The van der Waals surface area contributed by atoms with E-state index in [9.17, 15) is 4.79 Å². The monoisotopic (exact) mass is 259 g/mol. The molecule has 0 unspecified atom stereocenters. The minimum atomic E-state index is -0.162. The largest absolute Gasteiger partial charge is 0.395 e. The summed E-state index contributed by atoms with van der Waals surface area (Å²) >= 11 is 0. The van der Waals surface area contributed by atoms with Crippen LogP contribution in [-0.4, -0.2) is 40.1 Å². The fourth-order valence-corrected chi connectivity index (χ4v) is 2.51. The van der Waals surface area contributed by atoms with Gasteiger partial charge in [-0.2, -0.15) is 5.26 Å². The Labute approximate surface area is 112 Å². The molecule has 0 aliphatic heterocycles. The Morgan fingerprint density at radius 3 is 2.74 bits per heavy atom. The summed E-state index contributed by atoms with van der Waals surface area (Å²) in [7, 11) is 0. The fourth-order valence-electron chi connectivity index (χ4n) is 2.51. The molecule has 100 valence electrons. The van der Waals surface area contributed by atoms with Gasteiger partial charge in [0.25, 0.3) is 5.91 Å². The van der Waals surface area contributed by atoms with Crippen molar-refractivity contribution in [1.29, 1.82) is 5.26 Å². The van der Waals surface area contributed by atoms with Crippen LogP contribution in [-0.2, 0) is 0 Å². The molecule has 2 rings (SSSR count). The maximum atomic E-state index is 12.4. The van der Waals surface area contributed by atoms with Gasteiger partial charge in [-0.05, 0) is 25.0 Å². The van der Waals surface area contributed by atoms with Crippen molar-refractivity contribution >= 4 is 5.91 Å². The number of amides is 1. The lowest BCUT2D eigenvalue weighted by Crippen LogP contribution is -2.41. The van der Waals surface area contributed by atoms with Crippen molar-refractivity contribution in [2.24, 2.45) is 0 Å². The van der Waals surface area contributed by atoms with Gasteiger partial charge in [-0.25, -0.2) is 4.98 Å². The van der Waals surface area contributed by atoms with Crippen LogP contribution in [0.1, 0.15) is 41.7 Å². The van der Waals surface area contributed by atoms with Gasteiger partial charge in [-0.3, -0.25) is 4.79 Å². The Balaban J connectivity index is 2.15. The van der Waals surface area contributed by atoms with Gasteiger partial charge < -0.3 is 10.0 Å². The molecule has 5 heteroatoms. The van der Waals surface area contributed by atoms with Gasteiger partial charge in [0.2, 0.25) is 0 Å². The molecule has 0 aromatic carbocycles. The molecule has 1 aromatic rings. The van der Waals surface area contributed by atoms with Crippen molar-refractivity contribution in [1.82, 2.24) is 9.88 Å². The zero-order valence-electron chi connectivity index (χ0n) is 10.7. The molecule has 1 amide bonds. The van der Waals surface area contributed by atoms with E-state index in [-0.39, 0.29) is 18.6 Å². The Morgan fingerprint density at radius 1 is 1.47 bits per heavy atom. The van der Waals surface area contributed by atoms with Crippen molar-refractivity contribution in [2.75, 3.05) is 13.2 Å². The number of nitrogens with zero attached hydrogens (tertiary/aromatic N) is 3. The topological polar surface area (TPSA) is 77.2 Å². The van der Waals surface area contributed by atoms with Crippen molar-refractivity contribution < 1.29 is 9.90 Å². The summed E-state index contributed by atoms with van der Waals surface area (Å²) in [6, 6.07) is 5.34. The summed E-state index contributed by atoms with van der Waals surface area (Å²) in [5, 5.41) is 17.8. The number of carbonyl (C=O) groups is 1. The van der Waals surface area contributed by atoms with Crippen molar-refractivity contribution in [3.8, 4) is 6.07 Å². The molecular weight excluding hydrogens is 242 g/mol. The van der Waals surface area contributed by atoms with Gasteiger partial charge in [0, 0.05) is 18.8 Å². The first kappa shape index (κ1) is 13.5. The highest BCUT2D eigenvalue weighted by atomic mass is 16.3. The molecule has 1 N–H and O–H groups in total. The second kappa shape index (κ2) is 6.30. The Morgan fingerprint density at radius 2 is 2.21 bits per heavy atom. The zero-order valence-corrected chi connectivity index (χ0v) is 10.7. The number of hydrogen-bond acceptors (Lipinski definition) is 4. The van der Waals surface area contributed by atoms with E-state index < -0.39 is 0 Å². The lowest BCUT2D eigenvalue weighted by atomic mass is 10.2. The standard InChI is InChI=1S/C14H17N3O2/c15-9-11-5-6-13(16-10-11)14(19)17(7-8-18)12-3-1-2-4-12/h5-6,10,12,18H,1-4,7-8H2.